The van der Waals surface area contributed by atoms with Crippen LogP contribution < -0.4 is 4.72 Å². The fourth-order valence-electron chi connectivity index (χ4n) is 1.73. The molecule has 1 aromatic carbocycles. The summed E-state index contributed by atoms with van der Waals surface area (Å²) in [5, 5.41) is 9.16. The number of carboxylic acids is 1. The van der Waals surface area contributed by atoms with E-state index in [0.717, 1.165) is 0 Å². The van der Waals surface area contributed by atoms with Gasteiger partial charge >= 0.3 is 5.97 Å². The monoisotopic (exact) mass is 314 g/mol. The minimum absolute atomic E-state index is 0.0249. The number of hydrogen-bond donors (Lipinski definition) is 2. The third-order valence-corrected chi connectivity index (χ3v) is 4.87. The van der Waals surface area contributed by atoms with Crippen molar-refractivity contribution >= 4 is 16.0 Å². The molecule has 0 aliphatic rings. The van der Waals surface area contributed by atoms with Gasteiger partial charge in [0.1, 0.15) is 0 Å². The van der Waals surface area contributed by atoms with Crippen molar-refractivity contribution in [2.24, 2.45) is 0 Å². The molecular formula is C14H22N2O4S. The smallest absolute Gasteiger partial charge is 0.336 e. The van der Waals surface area contributed by atoms with E-state index in [-0.39, 0.29) is 23.0 Å². The first kappa shape index (κ1) is 17.6. The predicted octanol–water partition coefficient (Wildman–Crippen LogP) is 1.18. The summed E-state index contributed by atoms with van der Waals surface area (Å²) in [6.45, 7) is 3.98. The predicted molar refractivity (Wildman–Crippen MR) is 81.1 cm³/mol. The van der Waals surface area contributed by atoms with Crippen molar-refractivity contribution in [1.29, 1.82) is 0 Å². The van der Waals surface area contributed by atoms with E-state index in [2.05, 4.69) is 4.72 Å². The summed E-state index contributed by atoms with van der Waals surface area (Å²) >= 11 is 0. The lowest BCUT2D eigenvalue weighted by Crippen LogP contribution is -2.38. The SMILES string of the molecule is CCc1ccc(S(=O)(=O)NCC(C)N(C)C)cc1C(=O)O. The number of carbonyl (C=O) groups is 1. The number of nitrogens with zero attached hydrogens (tertiary/aromatic N) is 1. The quantitative estimate of drug-likeness (QED) is 0.789. The zero-order chi connectivity index (χ0) is 16.2. The van der Waals surface area contributed by atoms with Crippen molar-refractivity contribution in [1.82, 2.24) is 9.62 Å². The minimum atomic E-state index is -3.71. The maximum Gasteiger partial charge on any atom is 0.336 e. The van der Waals surface area contributed by atoms with Gasteiger partial charge in [-0.2, -0.15) is 0 Å². The number of carboxylic acid groups (broad SMARTS) is 1. The molecule has 21 heavy (non-hydrogen) atoms. The third kappa shape index (κ3) is 4.52. The summed E-state index contributed by atoms with van der Waals surface area (Å²) in [6, 6.07) is 4.24. The van der Waals surface area contributed by atoms with Crippen LogP contribution in [-0.2, 0) is 16.4 Å². The van der Waals surface area contributed by atoms with E-state index in [9.17, 15) is 13.2 Å². The molecule has 6 nitrogen and oxygen atoms in total. The van der Waals surface area contributed by atoms with Crippen LogP contribution in [0.4, 0.5) is 0 Å². The second-order valence-corrected chi connectivity index (χ2v) is 6.91. The number of sulfonamides is 1. The van der Waals surface area contributed by atoms with E-state index in [1.165, 1.54) is 12.1 Å². The van der Waals surface area contributed by atoms with Crippen LogP contribution in [0.1, 0.15) is 29.8 Å². The van der Waals surface area contributed by atoms with Crippen molar-refractivity contribution in [3.8, 4) is 0 Å². The molecule has 118 valence electrons. The van der Waals surface area contributed by atoms with Crippen LogP contribution in [0.15, 0.2) is 23.1 Å². The van der Waals surface area contributed by atoms with Gasteiger partial charge in [0.2, 0.25) is 10.0 Å². The summed E-state index contributed by atoms with van der Waals surface area (Å²) in [5.41, 5.74) is 0.643. The van der Waals surface area contributed by atoms with E-state index in [1.807, 2.05) is 32.8 Å². The third-order valence-electron chi connectivity index (χ3n) is 3.45. The Morgan fingerprint density at radius 3 is 2.48 bits per heavy atom. The molecule has 0 heterocycles. The van der Waals surface area contributed by atoms with Crippen molar-refractivity contribution in [2.45, 2.75) is 31.2 Å². The van der Waals surface area contributed by atoms with Crippen LogP contribution in [0.2, 0.25) is 0 Å². The van der Waals surface area contributed by atoms with Crippen molar-refractivity contribution in [2.75, 3.05) is 20.6 Å². The molecule has 7 heteroatoms. The van der Waals surface area contributed by atoms with Gasteiger partial charge in [-0.15, -0.1) is 0 Å². The van der Waals surface area contributed by atoms with Gasteiger partial charge in [0.15, 0.2) is 0 Å². The fraction of sp³-hybridized carbons (Fsp3) is 0.500. The van der Waals surface area contributed by atoms with Gasteiger partial charge in [0, 0.05) is 12.6 Å². The summed E-state index contributed by atoms with van der Waals surface area (Å²) in [6.07, 6.45) is 0.535. The average molecular weight is 314 g/mol. The number of aryl methyl sites for hydroxylation is 1. The fourth-order valence-corrected chi connectivity index (χ4v) is 2.87. The van der Waals surface area contributed by atoms with Gasteiger partial charge in [-0.25, -0.2) is 17.9 Å². The second-order valence-electron chi connectivity index (χ2n) is 5.14. The van der Waals surface area contributed by atoms with Gasteiger partial charge in [-0.1, -0.05) is 13.0 Å². The van der Waals surface area contributed by atoms with Crippen LogP contribution >= 0.6 is 0 Å². The lowest BCUT2D eigenvalue weighted by molar-refractivity contribution is 0.0695. The lowest BCUT2D eigenvalue weighted by Gasteiger charge is -2.20. The molecule has 0 spiro atoms. The molecule has 1 unspecified atom stereocenters. The van der Waals surface area contributed by atoms with E-state index < -0.39 is 16.0 Å². The number of rotatable bonds is 7. The van der Waals surface area contributed by atoms with Crippen molar-refractivity contribution in [3.05, 3.63) is 29.3 Å². The van der Waals surface area contributed by atoms with Gasteiger partial charge in [0.05, 0.1) is 10.5 Å². The Hall–Kier alpha value is -1.44. The Labute approximate surface area is 125 Å². The first-order valence-electron chi connectivity index (χ1n) is 6.71. The Morgan fingerprint density at radius 2 is 2.00 bits per heavy atom. The zero-order valence-electron chi connectivity index (χ0n) is 12.8. The van der Waals surface area contributed by atoms with E-state index in [0.29, 0.717) is 12.0 Å². The first-order chi connectivity index (χ1) is 9.69. The topological polar surface area (TPSA) is 86.7 Å². The molecular weight excluding hydrogens is 292 g/mol. The van der Waals surface area contributed by atoms with Gasteiger partial charge < -0.3 is 10.0 Å². The average Bonchev–Trinajstić information content (AvgIpc) is 2.43. The first-order valence-corrected chi connectivity index (χ1v) is 8.19. The van der Waals surface area contributed by atoms with Gasteiger partial charge in [0.25, 0.3) is 0 Å². The molecule has 0 fully saturated rings. The van der Waals surface area contributed by atoms with E-state index in [1.54, 1.807) is 6.07 Å². The largest absolute Gasteiger partial charge is 0.478 e. The lowest BCUT2D eigenvalue weighted by atomic mass is 10.1. The highest BCUT2D eigenvalue weighted by Crippen LogP contribution is 2.17. The Balaban J connectivity index is 3.04. The molecule has 0 saturated heterocycles. The minimum Gasteiger partial charge on any atom is -0.478 e. The van der Waals surface area contributed by atoms with E-state index in [4.69, 9.17) is 5.11 Å². The molecule has 0 saturated carbocycles. The number of hydrogen-bond acceptors (Lipinski definition) is 4. The van der Waals surface area contributed by atoms with Gasteiger partial charge in [-0.3, -0.25) is 0 Å². The maximum absolute atomic E-state index is 12.2. The number of benzene rings is 1. The zero-order valence-corrected chi connectivity index (χ0v) is 13.6. The second kappa shape index (κ2) is 7.02. The Bertz CT molecular complexity index is 611. The number of nitrogens with one attached hydrogen (secondary N) is 1. The van der Waals surface area contributed by atoms with Crippen LogP contribution in [0.25, 0.3) is 0 Å². The molecule has 1 rings (SSSR count). The van der Waals surface area contributed by atoms with Crippen LogP contribution in [-0.4, -0.2) is 51.1 Å². The molecule has 2 N–H and O–H groups in total. The molecule has 0 bridgehead atoms. The summed E-state index contributed by atoms with van der Waals surface area (Å²) in [7, 11) is 0.00748. The highest BCUT2D eigenvalue weighted by molar-refractivity contribution is 7.89. The summed E-state index contributed by atoms with van der Waals surface area (Å²) in [4.78, 5) is 13.1. The Kier molecular flexibility index (Phi) is 5.88. The van der Waals surface area contributed by atoms with Crippen molar-refractivity contribution < 1.29 is 18.3 Å². The molecule has 1 aromatic rings. The van der Waals surface area contributed by atoms with Crippen LogP contribution in [0.5, 0.6) is 0 Å². The molecule has 0 aliphatic carbocycles. The molecule has 0 radical (unpaired) electrons. The van der Waals surface area contributed by atoms with Crippen LogP contribution in [0.3, 0.4) is 0 Å². The standard InChI is InChI=1S/C14H22N2O4S/c1-5-11-6-7-12(8-13(11)14(17)18)21(19,20)15-9-10(2)16(3)4/h6-8,10,15H,5,9H2,1-4H3,(H,17,18). The Morgan fingerprint density at radius 1 is 1.38 bits per heavy atom. The molecule has 0 amide bonds. The van der Waals surface area contributed by atoms with Gasteiger partial charge in [-0.05, 0) is 45.1 Å². The molecule has 0 aromatic heterocycles. The summed E-state index contributed by atoms with van der Waals surface area (Å²) < 4.78 is 26.9. The normalized spacial score (nSPS) is 13.4. The number of aromatic carboxylic acids is 1. The highest BCUT2D eigenvalue weighted by atomic mass is 32.2. The van der Waals surface area contributed by atoms with Crippen LogP contribution in [0, 0.1) is 0 Å². The van der Waals surface area contributed by atoms with Crippen molar-refractivity contribution in [3.63, 3.8) is 0 Å². The molecule has 0 aliphatic heterocycles. The molecule has 1 atom stereocenters. The maximum atomic E-state index is 12.2. The number of likely N-dealkylation sites (N-methyl/N-ethyl adjacent to an activating group) is 1. The van der Waals surface area contributed by atoms with E-state index >= 15 is 0 Å². The summed E-state index contributed by atoms with van der Waals surface area (Å²) in [5.74, 6) is -1.12. The highest BCUT2D eigenvalue weighted by Gasteiger charge is 2.19.